The van der Waals surface area contributed by atoms with E-state index in [1.807, 2.05) is 24.1 Å². The number of unbranched alkanes of at least 4 members (excludes halogenated alkanes) is 1. The van der Waals surface area contributed by atoms with Crippen molar-refractivity contribution in [2.75, 3.05) is 0 Å². The van der Waals surface area contributed by atoms with Crippen LogP contribution in [0.2, 0.25) is 0 Å². The minimum Gasteiger partial charge on any atom is -0.421 e. The van der Waals surface area contributed by atoms with Crippen LogP contribution in [0.1, 0.15) is 49.7 Å². The Morgan fingerprint density at radius 3 is 1.81 bits per heavy atom. The molecular weight excluding hydrogens is 739 g/mol. The summed E-state index contributed by atoms with van der Waals surface area (Å²) in [7, 11) is -11.5. The number of hydrogen-bond acceptors (Lipinski definition) is 8. The Bertz CT molecular complexity index is 1430. The Balaban J connectivity index is 0.000000501. The van der Waals surface area contributed by atoms with Crippen molar-refractivity contribution < 1.29 is 66.9 Å². The van der Waals surface area contributed by atoms with Gasteiger partial charge in [0, 0.05) is 0 Å². The van der Waals surface area contributed by atoms with E-state index in [4.69, 9.17) is 4.74 Å². The zero-order valence-electron chi connectivity index (χ0n) is 22.4. The normalized spacial score (nSPS) is 12.7. The zero-order chi connectivity index (χ0) is 32.7. The molecule has 0 aliphatic heterocycles. The van der Waals surface area contributed by atoms with Crippen molar-refractivity contribution in [1.82, 2.24) is 4.57 Å². The number of aryl methyl sites for hydroxylation is 2. The van der Waals surface area contributed by atoms with Crippen LogP contribution in [-0.4, -0.2) is 46.0 Å². The summed E-state index contributed by atoms with van der Waals surface area (Å²) in [4.78, 5) is 35.7. The summed E-state index contributed by atoms with van der Waals surface area (Å²) in [6.07, 6.45) is 6.20. The van der Waals surface area contributed by atoms with Crippen LogP contribution in [0.3, 0.4) is 0 Å². The van der Waals surface area contributed by atoms with E-state index in [1.54, 1.807) is 24.3 Å². The van der Waals surface area contributed by atoms with Crippen LogP contribution in [0.5, 0.6) is 0 Å². The van der Waals surface area contributed by atoms with Crippen LogP contribution in [-0.2, 0) is 54.6 Å². The number of rotatable bonds is 11. The minimum absolute atomic E-state index is 0.0536. The summed E-state index contributed by atoms with van der Waals surface area (Å²) in [5.74, 6) is -0.422. The van der Waals surface area contributed by atoms with Crippen molar-refractivity contribution in [3.8, 4) is 0 Å². The summed E-state index contributed by atoms with van der Waals surface area (Å²) in [5, 5.41) is 0. The van der Waals surface area contributed by atoms with Gasteiger partial charge in [0.1, 0.15) is 0 Å². The monoisotopic (exact) mass is 765 g/mol. The molecule has 20 heteroatoms. The number of carbonyl (C=O) groups is 3. The first-order chi connectivity index (χ1) is 19.0. The molecule has 0 fully saturated rings. The zero-order valence-corrected chi connectivity index (χ0v) is 26.2. The molecular formula is C22H26F6IN3O8S2. The molecule has 0 atom stereocenters. The molecule has 0 unspecified atom stereocenters. The molecule has 0 saturated heterocycles. The van der Waals surface area contributed by atoms with Gasteiger partial charge in [0.15, 0.2) is 20.0 Å². The van der Waals surface area contributed by atoms with Crippen molar-refractivity contribution in [2.45, 2.75) is 57.8 Å². The molecule has 1 heterocycles. The van der Waals surface area contributed by atoms with Gasteiger partial charge in [0.2, 0.25) is 0 Å². The molecule has 0 saturated carbocycles. The fourth-order valence-corrected chi connectivity index (χ4v) is 8.47. The van der Waals surface area contributed by atoms with Gasteiger partial charge in [-0.25, -0.2) is 16.8 Å². The molecule has 11 nitrogen and oxygen atoms in total. The molecule has 0 spiro atoms. The summed E-state index contributed by atoms with van der Waals surface area (Å²) >= 11 is -2.50. The second-order valence-electron chi connectivity index (χ2n) is 8.16. The van der Waals surface area contributed by atoms with Gasteiger partial charge >= 0.3 is 165 Å². The number of benzene rings is 1. The number of sulfonamides is 2. The number of imidazole rings is 1. The number of alkyl halides is 6. The van der Waals surface area contributed by atoms with E-state index in [9.17, 15) is 57.6 Å². The molecule has 0 amide bonds. The van der Waals surface area contributed by atoms with Crippen LogP contribution in [0.4, 0.5) is 26.3 Å². The van der Waals surface area contributed by atoms with Crippen molar-refractivity contribution in [2.24, 2.45) is 7.05 Å². The predicted octanol–water partition coefficient (Wildman–Crippen LogP) is 4.30. The molecule has 0 N–H and O–H groups in total. The number of aromatic nitrogens is 2. The number of esters is 1. The second-order valence-corrected chi connectivity index (χ2v) is 17.5. The van der Waals surface area contributed by atoms with E-state index in [1.165, 1.54) is 13.8 Å². The van der Waals surface area contributed by atoms with Crippen molar-refractivity contribution in [3.63, 3.8) is 0 Å². The Kier molecular flexibility index (Phi) is 13.1. The van der Waals surface area contributed by atoms with Gasteiger partial charge < -0.3 is 4.13 Å². The molecule has 2 aromatic rings. The summed E-state index contributed by atoms with van der Waals surface area (Å²) < 4.78 is 119. The molecule has 1 aromatic carbocycles. The molecule has 0 aliphatic rings. The number of hydrogen-bond donors (Lipinski definition) is 0. The maximum absolute atomic E-state index is 12.3. The van der Waals surface area contributed by atoms with Gasteiger partial charge in [-0.1, -0.05) is 13.3 Å². The third-order valence-corrected chi connectivity index (χ3v) is 12.6. The molecule has 0 aliphatic carbocycles. The van der Waals surface area contributed by atoms with E-state index >= 15 is 0 Å². The largest absolute Gasteiger partial charge is 0.480 e. The van der Waals surface area contributed by atoms with Gasteiger partial charge in [0.05, 0.1) is 0 Å². The van der Waals surface area contributed by atoms with Gasteiger partial charge in [-0.2, -0.15) is 26.3 Å². The van der Waals surface area contributed by atoms with Crippen LogP contribution in [0.25, 0.3) is 4.13 Å². The Morgan fingerprint density at radius 1 is 0.929 bits per heavy atom. The van der Waals surface area contributed by atoms with E-state index in [2.05, 4.69) is 11.5 Å². The van der Waals surface area contributed by atoms with Gasteiger partial charge in [-0.05, 0) is 0 Å². The summed E-state index contributed by atoms with van der Waals surface area (Å²) in [5.41, 5.74) is -11.1. The Labute approximate surface area is 244 Å². The summed E-state index contributed by atoms with van der Waals surface area (Å²) in [6, 6.07) is 6.65. The number of halogens is 7. The Hall–Kier alpha value is -2.59. The number of ether oxygens (including phenoxy) is 1. The molecule has 0 bridgehead atoms. The van der Waals surface area contributed by atoms with Crippen LogP contribution in [0.15, 0.2) is 36.8 Å². The first-order valence-corrected chi connectivity index (χ1v) is 17.5. The fourth-order valence-electron chi connectivity index (χ4n) is 2.86. The van der Waals surface area contributed by atoms with E-state index < -0.39 is 56.9 Å². The van der Waals surface area contributed by atoms with Crippen LogP contribution in [0, 0.1) is 3.57 Å². The Morgan fingerprint density at radius 2 is 1.40 bits per heavy atom. The van der Waals surface area contributed by atoms with Gasteiger partial charge in [0.25, 0.3) is 0 Å². The van der Waals surface area contributed by atoms with E-state index in [0.717, 1.165) is 32.8 Å². The van der Waals surface area contributed by atoms with E-state index in [0.29, 0.717) is 5.56 Å². The molecule has 2 rings (SSSR count). The number of nitrogens with zero attached hydrogens (tertiary/aromatic N) is 3. The van der Waals surface area contributed by atoms with Crippen molar-refractivity contribution in [3.05, 3.63) is 55.7 Å². The second kappa shape index (κ2) is 14.7. The molecule has 0 radical (unpaired) electrons. The first-order valence-electron chi connectivity index (χ1n) is 11.4. The van der Waals surface area contributed by atoms with Gasteiger partial charge in [-0.15, -0.1) is 0 Å². The molecule has 1 aromatic heterocycles. The van der Waals surface area contributed by atoms with Crippen LogP contribution < -0.4 is 4.57 Å². The van der Waals surface area contributed by atoms with Gasteiger partial charge in [-0.3, -0.25) is 0 Å². The molecule has 42 heavy (non-hydrogen) atoms. The fraction of sp³-hybridized carbons (Fsp3) is 0.455. The third kappa shape index (κ3) is 10.6. The number of carbonyl (C=O) groups excluding carboxylic acids is 3. The maximum Gasteiger partial charge on any atom is 0.480 e. The van der Waals surface area contributed by atoms with Crippen molar-refractivity contribution in [1.29, 1.82) is 0 Å². The predicted molar refractivity (Wildman–Crippen MR) is 143 cm³/mol. The maximum atomic E-state index is 12.3. The third-order valence-electron chi connectivity index (χ3n) is 4.82. The average molecular weight is 765 g/mol. The SMILES string of the molecule is CCCC[n+]1cc(COC(=O)c2ccc(I(C(C)=O)C(C)=O)cc2)n(C)c1.O=S(=O)([N-]S(=O)(=O)C(F)(F)F)C(F)(F)F. The topological polar surface area (TPSA) is 152 Å². The van der Waals surface area contributed by atoms with Crippen molar-refractivity contribution >= 4 is 53.4 Å². The smallest absolute Gasteiger partial charge is 0.421 e. The quantitative estimate of drug-likeness (QED) is 0.108. The standard InChI is InChI=1S/C20H26IN2O4.C2F6NO4S2/c1-5-6-11-23-12-19(22(4)14-23)13-27-20(26)17-7-9-18(10-8-17)21(15(2)24)16(3)25;3-1(4,5)14(10,11)9-15(12,13)2(6,7)8/h7-10,12,14H,5-6,11,13H2,1-4H3;/q+1;-1. The minimum atomic E-state index is -6.72. The summed E-state index contributed by atoms with van der Waals surface area (Å²) in [6.45, 7) is 6.20. The van der Waals surface area contributed by atoms with Crippen LogP contribution >= 0.6 is 19.8 Å². The first kappa shape index (κ1) is 37.4. The van der Waals surface area contributed by atoms with E-state index in [-0.39, 0.29) is 14.2 Å². The average Bonchev–Trinajstić information content (AvgIpc) is 3.18. The molecule has 238 valence electrons.